The second kappa shape index (κ2) is 6.56. The van der Waals surface area contributed by atoms with Gasteiger partial charge in [0.15, 0.2) is 0 Å². The Morgan fingerprint density at radius 2 is 2.29 bits per heavy atom. The molecule has 1 heterocycles. The van der Waals surface area contributed by atoms with E-state index in [9.17, 15) is 9.59 Å². The van der Waals surface area contributed by atoms with Gasteiger partial charge in [-0.15, -0.1) is 0 Å². The van der Waals surface area contributed by atoms with Crippen LogP contribution in [-0.4, -0.2) is 73.2 Å². The van der Waals surface area contributed by atoms with Crippen molar-refractivity contribution in [3.05, 3.63) is 0 Å². The highest BCUT2D eigenvalue weighted by molar-refractivity contribution is 5.78. The first kappa shape index (κ1) is 13.9. The number of amides is 1. The lowest BCUT2D eigenvalue weighted by Gasteiger charge is -2.32. The molecule has 0 aromatic rings. The molecule has 6 heteroatoms. The van der Waals surface area contributed by atoms with Gasteiger partial charge in [0.2, 0.25) is 5.91 Å². The maximum Gasteiger partial charge on any atom is 0.306 e. The first-order chi connectivity index (χ1) is 7.99. The summed E-state index contributed by atoms with van der Waals surface area (Å²) in [5.74, 6) is -0.942. The lowest BCUT2D eigenvalue weighted by atomic mass is 10.2. The minimum absolute atomic E-state index is 0.0000883. The van der Waals surface area contributed by atoms with E-state index >= 15 is 0 Å². The number of carboxylic acid groups (broad SMARTS) is 1. The molecule has 1 aliphatic rings. The molecule has 1 atom stereocenters. The molecule has 1 fully saturated rings. The van der Waals surface area contributed by atoms with Crippen molar-refractivity contribution in [2.45, 2.75) is 18.9 Å². The van der Waals surface area contributed by atoms with Gasteiger partial charge >= 0.3 is 5.97 Å². The van der Waals surface area contributed by atoms with E-state index in [1.807, 2.05) is 14.1 Å². The first-order valence-electron chi connectivity index (χ1n) is 5.75. The van der Waals surface area contributed by atoms with Crippen LogP contribution in [0.2, 0.25) is 0 Å². The Morgan fingerprint density at radius 3 is 2.88 bits per heavy atom. The molecule has 1 rings (SSSR count). The third-order valence-electron chi connectivity index (χ3n) is 2.65. The molecule has 0 bridgehead atoms. The number of aliphatic carboxylic acids is 1. The molecule has 0 saturated carbocycles. The fourth-order valence-electron chi connectivity index (χ4n) is 1.79. The third kappa shape index (κ3) is 5.14. The van der Waals surface area contributed by atoms with Crippen LogP contribution in [-0.2, 0) is 14.3 Å². The molecule has 1 saturated heterocycles. The zero-order valence-corrected chi connectivity index (χ0v) is 10.4. The number of carbonyl (C=O) groups is 2. The van der Waals surface area contributed by atoms with Gasteiger partial charge in [0.25, 0.3) is 0 Å². The van der Waals surface area contributed by atoms with Crippen LogP contribution in [0.3, 0.4) is 0 Å². The number of rotatable bonds is 6. The van der Waals surface area contributed by atoms with Crippen molar-refractivity contribution in [2.75, 3.05) is 40.3 Å². The van der Waals surface area contributed by atoms with Crippen molar-refractivity contribution in [1.29, 1.82) is 0 Å². The van der Waals surface area contributed by atoms with Crippen molar-refractivity contribution in [3.8, 4) is 0 Å². The van der Waals surface area contributed by atoms with Crippen molar-refractivity contribution in [1.82, 2.24) is 9.80 Å². The van der Waals surface area contributed by atoms with Crippen LogP contribution in [0, 0.1) is 0 Å². The van der Waals surface area contributed by atoms with Crippen LogP contribution in [0.4, 0.5) is 0 Å². The highest BCUT2D eigenvalue weighted by Gasteiger charge is 2.27. The van der Waals surface area contributed by atoms with Gasteiger partial charge in [-0.2, -0.15) is 0 Å². The molecule has 1 unspecified atom stereocenters. The standard InChI is InChI=1S/C11H20N2O4/c1-12(2)4-3-5-13-7-9(6-11(15)16)17-8-10(13)14/h9H,3-8H2,1-2H3,(H,15,16). The van der Waals surface area contributed by atoms with Crippen LogP contribution >= 0.6 is 0 Å². The molecule has 0 radical (unpaired) electrons. The third-order valence-corrected chi connectivity index (χ3v) is 2.65. The van der Waals surface area contributed by atoms with Gasteiger partial charge in [0.05, 0.1) is 12.5 Å². The number of hydrogen-bond donors (Lipinski definition) is 1. The van der Waals surface area contributed by atoms with Crippen molar-refractivity contribution < 1.29 is 19.4 Å². The Labute approximate surface area is 101 Å². The smallest absolute Gasteiger partial charge is 0.306 e. The van der Waals surface area contributed by atoms with E-state index in [-0.39, 0.29) is 25.0 Å². The summed E-state index contributed by atoms with van der Waals surface area (Å²) in [5, 5.41) is 8.68. The van der Waals surface area contributed by atoms with Gasteiger partial charge in [-0.1, -0.05) is 0 Å². The SMILES string of the molecule is CN(C)CCCN1CC(CC(=O)O)OCC1=O. The maximum atomic E-state index is 11.5. The van der Waals surface area contributed by atoms with Crippen molar-refractivity contribution in [2.24, 2.45) is 0 Å². The van der Waals surface area contributed by atoms with Crippen LogP contribution in [0.25, 0.3) is 0 Å². The predicted molar refractivity (Wildman–Crippen MR) is 61.7 cm³/mol. The first-order valence-corrected chi connectivity index (χ1v) is 5.75. The molecule has 1 amide bonds. The van der Waals surface area contributed by atoms with Gasteiger partial charge < -0.3 is 19.6 Å². The Hall–Kier alpha value is -1.14. The Balaban J connectivity index is 2.35. The largest absolute Gasteiger partial charge is 0.481 e. The second-order valence-corrected chi connectivity index (χ2v) is 4.53. The van der Waals surface area contributed by atoms with E-state index in [1.54, 1.807) is 4.90 Å². The Kier molecular flexibility index (Phi) is 5.37. The molecule has 0 aliphatic carbocycles. The highest BCUT2D eigenvalue weighted by atomic mass is 16.5. The lowest BCUT2D eigenvalue weighted by molar-refractivity contribution is -0.155. The van der Waals surface area contributed by atoms with Crippen LogP contribution in [0.15, 0.2) is 0 Å². The zero-order valence-electron chi connectivity index (χ0n) is 10.4. The average Bonchev–Trinajstić information content (AvgIpc) is 2.21. The summed E-state index contributed by atoms with van der Waals surface area (Å²) in [5.41, 5.74) is 0. The molecule has 1 aliphatic heterocycles. The highest BCUT2D eigenvalue weighted by Crippen LogP contribution is 2.10. The summed E-state index contributed by atoms with van der Waals surface area (Å²) in [6.07, 6.45) is 0.472. The van der Waals surface area contributed by atoms with E-state index in [0.29, 0.717) is 13.1 Å². The lowest BCUT2D eigenvalue weighted by Crippen LogP contribution is -2.47. The monoisotopic (exact) mass is 244 g/mol. The fourth-order valence-corrected chi connectivity index (χ4v) is 1.79. The Morgan fingerprint density at radius 1 is 1.59 bits per heavy atom. The quantitative estimate of drug-likeness (QED) is 0.691. The summed E-state index contributed by atoms with van der Waals surface area (Å²) < 4.78 is 5.18. The molecule has 1 N–H and O–H groups in total. The van der Waals surface area contributed by atoms with Gasteiger partial charge in [-0.3, -0.25) is 9.59 Å². The number of carbonyl (C=O) groups excluding carboxylic acids is 1. The van der Waals surface area contributed by atoms with E-state index in [2.05, 4.69) is 4.90 Å². The zero-order chi connectivity index (χ0) is 12.8. The molecule has 6 nitrogen and oxygen atoms in total. The molecule has 98 valence electrons. The summed E-state index contributed by atoms with van der Waals surface area (Å²) in [6, 6.07) is 0. The van der Waals surface area contributed by atoms with Crippen molar-refractivity contribution >= 4 is 11.9 Å². The molecular weight excluding hydrogens is 224 g/mol. The van der Waals surface area contributed by atoms with Gasteiger partial charge in [0, 0.05) is 13.1 Å². The average molecular weight is 244 g/mol. The second-order valence-electron chi connectivity index (χ2n) is 4.53. The summed E-state index contributed by atoms with van der Waals surface area (Å²) >= 11 is 0. The van der Waals surface area contributed by atoms with E-state index in [0.717, 1.165) is 13.0 Å². The molecule has 0 aromatic carbocycles. The minimum Gasteiger partial charge on any atom is -0.481 e. The summed E-state index contributed by atoms with van der Waals surface area (Å²) in [7, 11) is 3.96. The van der Waals surface area contributed by atoms with Crippen LogP contribution < -0.4 is 0 Å². The van der Waals surface area contributed by atoms with E-state index in [1.165, 1.54) is 0 Å². The fraction of sp³-hybridized carbons (Fsp3) is 0.818. The minimum atomic E-state index is -0.891. The topological polar surface area (TPSA) is 70.1 Å². The van der Waals surface area contributed by atoms with Gasteiger partial charge in [-0.05, 0) is 27.1 Å². The van der Waals surface area contributed by atoms with Crippen LogP contribution in [0.5, 0.6) is 0 Å². The number of carboxylic acids is 1. The molecule has 0 spiro atoms. The van der Waals surface area contributed by atoms with Crippen molar-refractivity contribution in [3.63, 3.8) is 0 Å². The maximum absolute atomic E-state index is 11.5. The van der Waals surface area contributed by atoms with E-state index in [4.69, 9.17) is 9.84 Å². The van der Waals surface area contributed by atoms with Gasteiger partial charge in [-0.25, -0.2) is 0 Å². The predicted octanol–water partition coefficient (Wildman–Crippen LogP) is -0.360. The van der Waals surface area contributed by atoms with Crippen LogP contribution in [0.1, 0.15) is 12.8 Å². The Bertz CT molecular complexity index is 281. The number of ether oxygens (including phenoxy) is 1. The van der Waals surface area contributed by atoms with Gasteiger partial charge in [0.1, 0.15) is 6.61 Å². The molecular formula is C11H20N2O4. The van der Waals surface area contributed by atoms with E-state index < -0.39 is 5.97 Å². The number of hydrogen-bond acceptors (Lipinski definition) is 4. The number of nitrogens with zero attached hydrogens (tertiary/aromatic N) is 2. The normalized spacial score (nSPS) is 21.0. The summed E-state index contributed by atoms with van der Waals surface area (Å²) in [4.78, 5) is 25.9. The number of morpholine rings is 1. The molecule has 0 aromatic heterocycles. The molecule has 17 heavy (non-hydrogen) atoms. The summed E-state index contributed by atoms with van der Waals surface area (Å²) in [6.45, 7) is 1.96.